The molecule has 4 rings (SSSR count). The summed E-state index contributed by atoms with van der Waals surface area (Å²) < 4.78 is 2.79. The van der Waals surface area contributed by atoms with E-state index in [1.807, 2.05) is 0 Å². The third kappa shape index (κ3) is 4.51. The molecule has 0 spiro atoms. The Kier molecular flexibility index (Phi) is 6.02. The summed E-state index contributed by atoms with van der Waals surface area (Å²) in [5.74, 6) is -0.103. The lowest BCUT2D eigenvalue weighted by Crippen LogP contribution is -2.32. The number of pyridine rings is 3. The van der Waals surface area contributed by atoms with E-state index in [4.69, 9.17) is 0 Å². The maximum atomic E-state index is 11.4. The van der Waals surface area contributed by atoms with Crippen LogP contribution < -0.4 is 9.13 Å². The van der Waals surface area contributed by atoms with Crippen molar-refractivity contribution in [1.29, 1.82) is 0 Å². The van der Waals surface area contributed by atoms with Gasteiger partial charge in [-0.2, -0.15) is 9.13 Å². The van der Waals surface area contributed by atoms with Gasteiger partial charge in [0.25, 0.3) is 11.4 Å². The van der Waals surface area contributed by atoms with Crippen molar-refractivity contribution in [3.8, 4) is 22.6 Å². The molecule has 15 heteroatoms. The molecule has 178 valence electrons. The fourth-order valence-electron chi connectivity index (χ4n) is 3.40. The third-order valence-corrected chi connectivity index (χ3v) is 5.12. The Balaban J connectivity index is 1.64. The Bertz CT molecular complexity index is 1420. The summed E-state index contributed by atoms with van der Waals surface area (Å²) in [4.78, 5) is 45.5. The Morgan fingerprint density at radius 3 is 1.58 bits per heavy atom. The topological polar surface area (TPSA) is 193 Å². The van der Waals surface area contributed by atoms with Crippen LogP contribution in [0.5, 0.6) is 0 Å². The molecular formula is C21H13N7O8+2. The molecule has 1 aromatic carbocycles. The highest BCUT2D eigenvalue weighted by atomic mass is 16.6. The maximum Gasteiger partial charge on any atom is 0.406 e. The molecule has 4 aromatic rings. The van der Waals surface area contributed by atoms with Gasteiger partial charge >= 0.3 is 22.9 Å². The number of benzene rings is 1. The molecule has 3 heterocycles. The highest BCUT2D eigenvalue weighted by Crippen LogP contribution is 2.26. The van der Waals surface area contributed by atoms with E-state index in [-0.39, 0.29) is 11.5 Å². The van der Waals surface area contributed by atoms with Gasteiger partial charge in [-0.05, 0) is 28.2 Å². The van der Waals surface area contributed by atoms with Gasteiger partial charge in [0.1, 0.15) is 12.1 Å². The average molecular weight is 491 g/mol. The van der Waals surface area contributed by atoms with E-state index in [0.717, 1.165) is 18.3 Å². The van der Waals surface area contributed by atoms with Gasteiger partial charge in [-0.1, -0.05) is 0 Å². The molecule has 3 aromatic heterocycles. The van der Waals surface area contributed by atoms with Crippen molar-refractivity contribution >= 4 is 22.7 Å². The van der Waals surface area contributed by atoms with E-state index in [2.05, 4.69) is 4.98 Å². The Morgan fingerprint density at radius 2 is 1.08 bits per heavy atom. The van der Waals surface area contributed by atoms with Crippen molar-refractivity contribution in [3.05, 3.63) is 120 Å². The van der Waals surface area contributed by atoms with E-state index < -0.39 is 42.4 Å². The van der Waals surface area contributed by atoms with Crippen molar-refractivity contribution in [3.63, 3.8) is 0 Å². The SMILES string of the molecule is O=[N+]([O-])c1ccc(-[n+]2ccc(-c3cc[n+](-c4ncc([N+](=O)[O-])cc4[N+](=O)[O-])cc3)cc2)c([N+](=O)[O-])c1. The van der Waals surface area contributed by atoms with E-state index in [0.29, 0.717) is 11.1 Å². The predicted octanol–water partition coefficient (Wildman–Crippen LogP) is 2.93. The normalized spacial score (nSPS) is 10.6. The molecule has 0 atom stereocenters. The van der Waals surface area contributed by atoms with Crippen LogP contribution in [0.2, 0.25) is 0 Å². The second-order valence-corrected chi connectivity index (χ2v) is 7.23. The lowest BCUT2D eigenvalue weighted by molar-refractivity contribution is -0.604. The van der Waals surface area contributed by atoms with Gasteiger partial charge in [-0.15, -0.1) is 0 Å². The minimum Gasteiger partial charge on any atom is -0.258 e. The van der Waals surface area contributed by atoms with Crippen LogP contribution in [-0.4, -0.2) is 24.7 Å². The van der Waals surface area contributed by atoms with Gasteiger partial charge in [0.15, 0.2) is 12.4 Å². The standard InChI is InChI=1S/C21H13N7O8/c29-25(30)16-1-2-18(19(11-16)27(33)34)23-7-3-14(4-8-23)15-5-9-24(10-6-15)21-20(28(35)36)12-17(13-22-21)26(31)32/h1-13H/q+2. The molecule has 0 aliphatic rings. The number of aromatic nitrogens is 3. The van der Waals surface area contributed by atoms with Crippen LogP contribution in [0.25, 0.3) is 22.6 Å². The maximum absolute atomic E-state index is 11.4. The lowest BCUT2D eigenvalue weighted by Gasteiger charge is -2.03. The quantitative estimate of drug-likeness (QED) is 0.212. The Morgan fingerprint density at radius 1 is 0.583 bits per heavy atom. The van der Waals surface area contributed by atoms with E-state index in [1.165, 1.54) is 33.7 Å². The van der Waals surface area contributed by atoms with Crippen molar-refractivity contribution in [2.75, 3.05) is 0 Å². The number of nitro groups is 4. The zero-order chi connectivity index (χ0) is 26.0. The Labute approximate surface area is 199 Å². The first kappa shape index (κ1) is 23.4. The van der Waals surface area contributed by atoms with Gasteiger partial charge in [-0.3, -0.25) is 40.5 Å². The number of rotatable bonds is 7. The third-order valence-electron chi connectivity index (χ3n) is 5.12. The minimum atomic E-state index is -0.773. The van der Waals surface area contributed by atoms with Crippen LogP contribution in [0, 0.1) is 40.5 Å². The number of nitrogens with zero attached hydrogens (tertiary/aromatic N) is 7. The molecule has 0 fully saturated rings. The first-order chi connectivity index (χ1) is 17.2. The van der Waals surface area contributed by atoms with Crippen molar-refractivity contribution in [1.82, 2.24) is 4.98 Å². The molecule has 0 amide bonds. The highest BCUT2D eigenvalue weighted by molar-refractivity contribution is 5.61. The van der Waals surface area contributed by atoms with Crippen LogP contribution in [-0.2, 0) is 0 Å². The van der Waals surface area contributed by atoms with Gasteiger partial charge < -0.3 is 0 Å². The summed E-state index contributed by atoms with van der Waals surface area (Å²) in [7, 11) is 0. The highest BCUT2D eigenvalue weighted by Gasteiger charge is 2.29. The zero-order valence-corrected chi connectivity index (χ0v) is 17.9. The van der Waals surface area contributed by atoms with E-state index >= 15 is 0 Å². The molecular weight excluding hydrogens is 478 g/mol. The molecule has 0 N–H and O–H groups in total. The summed E-state index contributed by atoms with van der Waals surface area (Å²) in [5, 5.41) is 44.6. The summed E-state index contributed by atoms with van der Waals surface area (Å²) in [6.07, 6.45) is 7.02. The summed E-state index contributed by atoms with van der Waals surface area (Å²) in [5.41, 5.74) is -0.335. The second-order valence-electron chi connectivity index (χ2n) is 7.23. The smallest absolute Gasteiger partial charge is 0.258 e. The second kappa shape index (κ2) is 9.26. The van der Waals surface area contributed by atoms with Crippen molar-refractivity contribution in [2.24, 2.45) is 0 Å². The molecule has 0 saturated heterocycles. The largest absolute Gasteiger partial charge is 0.406 e. The van der Waals surface area contributed by atoms with Crippen LogP contribution in [0.15, 0.2) is 79.5 Å². The van der Waals surface area contributed by atoms with Crippen molar-refractivity contribution < 1.29 is 28.8 Å². The number of nitro benzene ring substituents is 2. The van der Waals surface area contributed by atoms with Gasteiger partial charge in [0.2, 0.25) is 6.20 Å². The fraction of sp³-hybridized carbons (Fsp3) is 0. The van der Waals surface area contributed by atoms with Gasteiger partial charge in [0.05, 0.1) is 32.1 Å². The summed E-state index contributed by atoms with van der Waals surface area (Å²) in [6.45, 7) is 0. The molecule has 15 nitrogen and oxygen atoms in total. The molecule has 0 saturated carbocycles. The number of hydrogen-bond acceptors (Lipinski definition) is 9. The molecule has 0 aliphatic heterocycles. The first-order valence-electron chi connectivity index (χ1n) is 9.91. The van der Waals surface area contributed by atoms with Crippen LogP contribution >= 0.6 is 0 Å². The molecule has 0 radical (unpaired) electrons. The monoisotopic (exact) mass is 491 g/mol. The van der Waals surface area contributed by atoms with E-state index in [9.17, 15) is 40.5 Å². The fourth-order valence-corrected chi connectivity index (χ4v) is 3.40. The molecule has 0 unspecified atom stereocenters. The average Bonchev–Trinajstić information content (AvgIpc) is 2.88. The van der Waals surface area contributed by atoms with Crippen LogP contribution in [0.3, 0.4) is 0 Å². The van der Waals surface area contributed by atoms with Gasteiger partial charge in [0, 0.05) is 24.3 Å². The first-order valence-corrected chi connectivity index (χ1v) is 9.91. The predicted molar refractivity (Wildman–Crippen MR) is 119 cm³/mol. The van der Waals surface area contributed by atoms with E-state index in [1.54, 1.807) is 36.7 Å². The molecule has 0 bridgehead atoms. The van der Waals surface area contributed by atoms with Crippen LogP contribution in [0.1, 0.15) is 0 Å². The number of hydrogen-bond donors (Lipinski definition) is 0. The minimum absolute atomic E-state index is 0.103. The van der Waals surface area contributed by atoms with Gasteiger partial charge in [-0.25, -0.2) is 0 Å². The molecule has 36 heavy (non-hydrogen) atoms. The number of non-ortho nitro benzene ring substituents is 1. The Hall–Kier alpha value is -5.73. The van der Waals surface area contributed by atoms with Crippen LogP contribution in [0.4, 0.5) is 22.7 Å². The summed E-state index contributed by atoms with van der Waals surface area (Å²) >= 11 is 0. The summed E-state index contributed by atoms with van der Waals surface area (Å²) in [6, 6.07) is 10.8. The lowest BCUT2D eigenvalue weighted by atomic mass is 10.1. The van der Waals surface area contributed by atoms with Crippen molar-refractivity contribution in [2.45, 2.75) is 0 Å². The zero-order valence-electron chi connectivity index (χ0n) is 17.9. The molecule has 0 aliphatic carbocycles.